The van der Waals surface area contributed by atoms with Gasteiger partial charge in [0.05, 0.1) is 25.0 Å². The molecule has 1 heterocycles. The van der Waals surface area contributed by atoms with E-state index in [0.717, 1.165) is 21.1 Å². The van der Waals surface area contributed by atoms with E-state index >= 15 is 0 Å². The third-order valence-corrected chi connectivity index (χ3v) is 5.17. The molecule has 0 saturated heterocycles. The molecule has 2 amide bonds. The van der Waals surface area contributed by atoms with Gasteiger partial charge in [0.15, 0.2) is 0 Å². The van der Waals surface area contributed by atoms with Gasteiger partial charge in [-0.2, -0.15) is 0 Å². The monoisotopic (exact) mass is 387 g/mol. The van der Waals surface area contributed by atoms with Gasteiger partial charge in [0.1, 0.15) is 10.8 Å². The summed E-state index contributed by atoms with van der Waals surface area (Å²) >= 11 is 7.55. The predicted octanol–water partition coefficient (Wildman–Crippen LogP) is 5.10. The van der Waals surface area contributed by atoms with Crippen molar-refractivity contribution in [2.75, 3.05) is 12.4 Å². The smallest absolute Gasteiger partial charge is 0.319 e. The second kappa shape index (κ2) is 8.21. The highest BCUT2D eigenvalue weighted by Gasteiger charge is 2.12. The van der Waals surface area contributed by atoms with Crippen LogP contribution in [-0.4, -0.2) is 18.1 Å². The Morgan fingerprint density at radius 1 is 1.23 bits per heavy atom. The Hall–Kier alpha value is -2.57. The number of anilines is 1. The number of carbonyl (C=O) groups is 1. The van der Waals surface area contributed by atoms with Gasteiger partial charge in [0, 0.05) is 15.5 Å². The molecular formula is C19H18ClN3O2S. The second-order valence-corrected chi connectivity index (χ2v) is 7.07. The average molecular weight is 388 g/mol. The molecule has 2 aromatic carbocycles. The van der Waals surface area contributed by atoms with Crippen LogP contribution in [0.3, 0.4) is 0 Å². The van der Waals surface area contributed by atoms with Crippen LogP contribution in [0.4, 0.5) is 10.5 Å². The normalized spacial score (nSPS) is 10.4. The standard InChI is InChI=1S/C19H18ClN3O2S/c1-12-17(26-18(22-12)13-6-4-3-5-7-13)11-21-19(24)23-15-10-14(20)8-9-16(15)25-2/h3-10H,11H2,1-2H3,(H2,21,23,24). The summed E-state index contributed by atoms with van der Waals surface area (Å²) in [4.78, 5) is 17.8. The topological polar surface area (TPSA) is 63.2 Å². The maximum Gasteiger partial charge on any atom is 0.319 e. The number of methoxy groups -OCH3 is 1. The van der Waals surface area contributed by atoms with Gasteiger partial charge in [-0.25, -0.2) is 9.78 Å². The average Bonchev–Trinajstić information content (AvgIpc) is 3.02. The highest BCUT2D eigenvalue weighted by Crippen LogP contribution is 2.29. The van der Waals surface area contributed by atoms with Gasteiger partial charge in [-0.1, -0.05) is 41.9 Å². The molecule has 0 bridgehead atoms. The lowest BCUT2D eigenvalue weighted by molar-refractivity contribution is 0.251. The minimum atomic E-state index is -0.334. The Labute approximate surface area is 161 Å². The molecule has 0 fully saturated rings. The van der Waals surface area contributed by atoms with Crippen LogP contribution in [0.25, 0.3) is 10.6 Å². The predicted molar refractivity (Wildman–Crippen MR) is 106 cm³/mol. The van der Waals surface area contributed by atoms with E-state index in [4.69, 9.17) is 16.3 Å². The molecule has 26 heavy (non-hydrogen) atoms. The van der Waals surface area contributed by atoms with Gasteiger partial charge >= 0.3 is 6.03 Å². The maximum atomic E-state index is 12.2. The number of aromatic nitrogens is 1. The zero-order valence-corrected chi connectivity index (χ0v) is 15.9. The number of hydrogen-bond acceptors (Lipinski definition) is 4. The summed E-state index contributed by atoms with van der Waals surface area (Å²) < 4.78 is 5.23. The molecule has 3 aromatic rings. The minimum absolute atomic E-state index is 0.334. The van der Waals surface area contributed by atoms with Crippen LogP contribution >= 0.6 is 22.9 Å². The van der Waals surface area contributed by atoms with Gasteiger partial charge in [0.25, 0.3) is 0 Å². The Bertz CT molecular complexity index is 912. The number of carbonyl (C=O) groups excluding carboxylic acids is 1. The fraction of sp³-hybridized carbons (Fsp3) is 0.158. The third-order valence-electron chi connectivity index (χ3n) is 3.73. The summed E-state index contributed by atoms with van der Waals surface area (Å²) in [5.41, 5.74) is 2.50. The first-order valence-corrected chi connectivity index (χ1v) is 9.16. The first-order valence-electron chi connectivity index (χ1n) is 7.97. The summed E-state index contributed by atoms with van der Waals surface area (Å²) in [5.74, 6) is 0.546. The van der Waals surface area contributed by atoms with E-state index in [2.05, 4.69) is 15.6 Å². The van der Waals surface area contributed by atoms with Crippen LogP contribution < -0.4 is 15.4 Å². The number of urea groups is 1. The van der Waals surface area contributed by atoms with Crippen molar-refractivity contribution in [3.8, 4) is 16.3 Å². The van der Waals surface area contributed by atoms with Crippen molar-refractivity contribution in [3.63, 3.8) is 0 Å². The van der Waals surface area contributed by atoms with E-state index in [1.807, 2.05) is 37.3 Å². The van der Waals surface area contributed by atoms with Crippen molar-refractivity contribution in [3.05, 3.63) is 64.1 Å². The fourth-order valence-corrected chi connectivity index (χ4v) is 3.58. The van der Waals surface area contributed by atoms with Gasteiger partial charge in [-0.15, -0.1) is 11.3 Å². The Morgan fingerprint density at radius 2 is 2.00 bits per heavy atom. The van der Waals surface area contributed by atoms with E-state index < -0.39 is 0 Å². The lowest BCUT2D eigenvalue weighted by atomic mass is 10.2. The number of rotatable bonds is 5. The van der Waals surface area contributed by atoms with Gasteiger partial charge in [-0.05, 0) is 25.1 Å². The lowest BCUT2D eigenvalue weighted by Gasteiger charge is -2.11. The lowest BCUT2D eigenvalue weighted by Crippen LogP contribution is -2.28. The van der Waals surface area contributed by atoms with E-state index in [1.54, 1.807) is 29.5 Å². The summed E-state index contributed by atoms with van der Waals surface area (Å²) in [7, 11) is 1.54. The number of nitrogens with zero attached hydrogens (tertiary/aromatic N) is 1. The number of thiazole rings is 1. The summed E-state index contributed by atoms with van der Waals surface area (Å²) in [6.07, 6.45) is 0. The van der Waals surface area contributed by atoms with Crippen molar-refractivity contribution in [1.82, 2.24) is 10.3 Å². The van der Waals surface area contributed by atoms with Crippen molar-refractivity contribution in [2.24, 2.45) is 0 Å². The molecule has 5 nitrogen and oxygen atoms in total. The molecule has 0 spiro atoms. The molecule has 0 aliphatic rings. The zero-order chi connectivity index (χ0) is 18.5. The number of amides is 2. The van der Waals surface area contributed by atoms with E-state index in [9.17, 15) is 4.79 Å². The molecule has 0 aliphatic carbocycles. The van der Waals surface area contributed by atoms with E-state index in [-0.39, 0.29) is 6.03 Å². The molecule has 2 N–H and O–H groups in total. The molecule has 0 unspecified atom stereocenters. The van der Waals surface area contributed by atoms with Crippen LogP contribution in [0.15, 0.2) is 48.5 Å². The second-order valence-electron chi connectivity index (χ2n) is 5.55. The summed E-state index contributed by atoms with van der Waals surface area (Å²) in [5, 5.41) is 7.06. The van der Waals surface area contributed by atoms with E-state index in [0.29, 0.717) is 23.0 Å². The number of hydrogen-bond donors (Lipinski definition) is 2. The molecule has 1 aromatic heterocycles. The molecule has 134 valence electrons. The molecule has 0 aliphatic heterocycles. The van der Waals surface area contributed by atoms with Crippen LogP contribution in [0, 0.1) is 6.92 Å². The van der Waals surface area contributed by atoms with Gasteiger partial charge in [0.2, 0.25) is 0 Å². The summed E-state index contributed by atoms with van der Waals surface area (Å²) in [6.45, 7) is 2.34. The minimum Gasteiger partial charge on any atom is -0.495 e. The zero-order valence-electron chi connectivity index (χ0n) is 14.4. The van der Waals surface area contributed by atoms with Crippen LogP contribution in [0.5, 0.6) is 5.75 Å². The molecular weight excluding hydrogens is 370 g/mol. The van der Waals surface area contributed by atoms with Gasteiger partial charge < -0.3 is 15.4 Å². The first-order chi connectivity index (χ1) is 12.6. The quantitative estimate of drug-likeness (QED) is 0.640. The molecule has 0 atom stereocenters. The number of aryl methyl sites for hydroxylation is 1. The number of benzene rings is 2. The molecule has 7 heteroatoms. The Kier molecular flexibility index (Phi) is 5.75. The fourth-order valence-electron chi connectivity index (χ4n) is 2.40. The third kappa shape index (κ3) is 4.33. The number of ether oxygens (including phenoxy) is 1. The largest absolute Gasteiger partial charge is 0.495 e. The number of halogens is 1. The van der Waals surface area contributed by atoms with Crippen LogP contribution in [-0.2, 0) is 6.54 Å². The molecule has 3 rings (SSSR count). The molecule has 0 radical (unpaired) electrons. The first kappa shape index (κ1) is 18.2. The van der Waals surface area contributed by atoms with Gasteiger partial charge in [-0.3, -0.25) is 0 Å². The Balaban J connectivity index is 1.65. The highest BCUT2D eigenvalue weighted by molar-refractivity contribution is 7.15. The number of nitrogens with one attached hydrogen (secondary N) is 2. The van der Waals surface area contributed by atoms with Crippen LogP contribution in [0.2, 0.25) is 5.02 Å². The van der Waals surface area contributed by atoms with E-state index in [1.165, 1.54) is 7.11 Å². The SMILES string of the molecule is COc1ccc(Cl)cc1NC(=O)NCc1sc(-c2ccccc2)nc1C. The Morgan fingerprint density at radius 3 is 2.73 bits per heavy atom. The highest BCUT2D eigenvalue weighted by atomic mass is 35.5. The molecule has 0 saturated carbocycles. The van der Waals surface area contributed by atoms with Crippen molar-refractivity contribution in [2.45, 2.75) is 13.5 Å². The van der Waals surface area contributed by atoms with Crippen molar-refractivity contribution in [1.29, 1.82) is 0 Å². The maximum absolute atomic E-state index is 12.2. The summed E-state index contributed by atoms with van der Waals surface area (Å²) in [6, 6.07) is 14.7. The van der Waals surface area contributed by atoms with Crippen molar-refractivity contribution >= 4 is 34.7 Å². The van der Waals surface area contributed by atoms with Crippen LogP contribution in [0.1, 0.15) is 10.6 Å². The van der Waals surface area contributed by atoms with Crippen molar-refractivity contribution < 1.29 is 9.53 Å².